The lowest BCUT2D eigenvalue weighted by Crippen LogP contribution is -2.69. The number of ketones is 2. The number of carbonyl (C=O) groups is 2. The zero-order chi connectivity index (χ0) is 36.8. The molecule has 17 atom stereocenters. The SMILES string of the molecule is C[C@H]1C[C@H]2[C@@H]3CCC4=CC(=O)C=C[C@]4(C)[C@@]3(F)[C@@H](O)C[C@]2(C)[C@@]1(O)C(=O)CO[C@]1(CO)O[C@H](CO)C(O[C@@H]2OC(CO)[C@H](O)[C@@H](O)C2O)[C@H]1O. The molecule has 0 aromatic rings. The van der Waals surface area contributed by atoms with Gasteiger partial charge in [0.1, 0.15) is 61.5 Å². The number of allylic oxidation sites excluding steroid dienone is 4. The van der Waals surface area contributed by atoms with Crippen LogP contribution in [0.15, 0.2) is 23.8 Å². The first-order chi connectivity index (χ1) is 23.4. The fourth-order valence-corrected chi connectivity index (χ4v) is 10.2. The van der Waals surface area contributed by atoms with Crippen LogP contribution in [0.2, 0.25) is 0 Å². The molecule has 0 aromatic heterocycles. The van der Waals surface area contributed by atoms with Gasteiger partial charge in [-0.1, -0.05) is 25.5 Å². The van der Waals surface area contributed by atoms with Crippen molar-refractivity contribution in [1.82, 2.24) is 0 Å². The van der Waals surface area contributed by atoms with Gasteiger partial charge in [-0.3, -0.25) is 9.59 Å². The molecule has 0 bridgehead atoms. The fourth-order valence-electron chi connectivity index (χ4n) is 10.2. The van der Waals surface area contributed by atoms with Gasteiger partial charge < -0.3 is 64.9 Å². The molecule has 16 heteroatoms. The summed E-state index contributed by atoms with van der Waals surface area (Å²) in [5.74, 6) is -5.58. The third-order valence-corrected chi connectivity index (χ3v) is 13.1. The highest BCUT2D eigenvalue weighted by Crippen LogP contribution is 2.70. The molecule has 0 radical (unpaired) electrons. The van der Waals surface area contributed by atoms with Crippen LogP contribution in [0.25, 0.3) is 0 Å². The Balaban J connectivity index is 1.21. The summed E-state index contributed by atoms with van der Waals surface area (Å²) in [6.45, 7) is 1.38. The predicted molar refractivity (Wildman–Crippen MR) is 165 cm³/mol. The number of alkyl halides is 1. The van der Waals surface area contributed by atoms with Crippen LogP contribution in [0, 0.1) is 28.6 Å². The molecule has 6 aliphatic rings. The molecule has 0 spiro atoms. The minimum Gasteiger partial charge on any atom is -0.394 e. The molecular formula is C34H49FO15. The number of carbonyl (C=O) groups excluding carboxylic acids is 2. The Kier molecular flexibility index (Phi) is 9.85. The molecule has 3 unspecified atom stereocenters. The van der Waals surface area contributed by atoms with Crippen LogP contribution in [0.1, 0.15) is 46.5 Å². The van der Waals surface area contributed by atoms with E-state index in [1.54, 1.807) is 20.8 Å². The van der Waals surface area contributed by atoms with Gasteiger partial charge in [0.05, 0.1) is 19.3 Å². The van der Waals surface area contributed by atoms with E-state index in [0.717, 1.165) is 0 Å². The van der Waals surface area contributed by atoms with Crippen LogP contribution < -0.4 is 0 Å². The lowest BCUT2D eigenvalue weighted by atomic mass is 9.44. The summed E-state index contributed by atoms with van der Waals surface area (Å²) < 4.78 is 39.9. The van der Waals surface area contributed by atoms with Crippen LogP contribution in [-0.4, -0.2) is 156 Å². The molecule has 50 heavy (non-hydrogen) atoms. The number of fused-ring (bicyclic) bond motifs is 5. The van der Waals surface area contributed by atoms with Crippen molar-refractivity contribution in [2.75, 3.05) is 26.4 Å². The summed E-state index contributed by atoms with van der Waals surface area (Å²) >= 11 is 0. The Labute approximate surface area is 287 Å². The van der Waals surface area contributed by atoms with E-state index in [-0.39, 0.29) is 25.0 Å². The highest BCUT2D eigenvalue weighted by atomic mass is 19.1. The van der Waals surface area contributed by atoms with Crippen molar-refractivity contribution in [2.45, 2.75) is 119 Å². The molecule has 0 aromatic carbocycles. The van der Waals surface area contributed by atoms with Gasteiger partial charge in [-0.2, -0.15) is 0 Å². The summed E-state index contributed by atoms with van der Waals surface area (Å²) in [5, 5.41) is 95.8. The number of Topliss-reactive ketones (excluding diaryl/α,β-unsaturated/α-hetero) is 1. The topological polar surface area (TPSA) is 253 Å². The van der Waals surface area contributed by atoms with Gasteiger partial charge in [0.15, 0.2) is 23.5 Å². The summed E-state index contributed by atoms with van der Waals surface area (Å²) in [4.78, 5) is 26.3. The number of ether oxygens (including phenoxy) is 4. The van der Waals surface area contributed by atoms with E-state index < -0.39 is 133 Å². The van der Waals surface area contributed by atoms with Crippen LogP contribution in [0.3, 0.4) is 0 Å². The van der Waals surface area contributed by atoms with Crippen molar-refractivity contribution in [3.05, 3.63) is 23.8 Å². The fraction of sp³-hybridized carbons (Fsp3) is 0.824. The molecule has 3 saturated carbocycles. The van der Waals surface area contributed by atoms with Crippen molar-refractivity contribution >= 4 is 11.6 Å². The molecule has 0 amide bonds. The van der Waals surface area contributed by atoms with E-state index >= 15 is 4.39 Å². The van der Waals surface area contributed by atoms with Crippen molar-refractivity contribution in [1.29, 1.82) is 0 Å². The van der Waals surface area contributed by atoms with Gasteiger partial charge in [0.25, 0.3) is 0 Å². The zero-order valence-electron chi connectivity index (χ0n) is 28.2. The van der Waals surface area contributed by atoms with Gasteiger partial charge in [-0.15, -0.1) is 0 Å². The molecule has 2 aliphatic heterocycles. The molecule has 5 fully saturated rings. The van der Waals surface area contributed by atoms with E-state index in [9.17, 15) is 55.5 Å². The summed E-state index contributed by atoms with van der Waals surface area (Å²) in [6.07, 6.45) is -10.2. The first-order valence-corrected chi connectivity index (χ1v) is 17.1. The van der Waals surface area contributed by atoms with Crippen molar-refractivity contribution in [3.63, 3.8) is 0 Å². The molecule has 15 nitrogen and oxygen atoms in total. The van der Waals surface area contributed by atoms with E-state index in [1.165, 1.54) is 18.2 Å². The highest BCUT2D eigenvalue weighted by molar-refractivity contribution is 6.01. The number of rotatable bonds is 9. The Morgan fingerprint density at radius 3 is 2.34 bits per heavy atom. The predicted octanol–water partition coefficient (Wildman–Crippen LogP) is -2.45. The number of aliphatic hydroxyl groups excluding tert-OH is 8. The average Bonchev–Trinajstić information content (AvgIpc) is 3.47. The smallest absolute Gasteiger partial charge is 0.222 e. The number of halogens is 1. The summed E-state index contributed by atoms with van der Waals surface area (Å²) in [6, 6.07) is 0. The highest BCUT2D eigenvalue weighted by Gasteiger charge is 2.75. The van der Waals surface area contributed by atoms with Gasteiger partial charge >= 0.3 is 0 Å². The molecule has 9 N–H and O–H groups in total. The lowest BCUT2D eigenvalue weighted by Gasteiger charge is -2.62. The second-order valence-corrected chi connectivity index (χ2v) is 15.4. The molecule has 282 valence electrons. The van der Waals surface area contributed by atoms with E-state index in [4.69, 9.17) is 18.9 Å². The van der Waals surface area contributed by atoms with E-state index in [1.807, 2.05) is 0 Å². The average molecular weight is 717 g/mol. The van der Waals surface area contributed by atoms with E-state index in [0.29, 0.717) is 12.0 Å². The molecule has 6 rings (SSSR count). The Hall–Kier alpha value is -1.77. The second kappa shape index (κ2) is 13.0. The maximum Gasteiger partial charge on any atom is 0.222 e. The van der Waals surface area contributed by atoms with Crippen LogP contribution in [0.5, 0.6) is 0 Å². The minimum absolute atomic E-state index is 0.242. The first-order valence-electron chi connectivity index (χ1n) is 17.1. The standard InChI is InChI=1S/C34H49FO15/c1-15-8-19-18-5-4-16-9-17(39)6-7-30(16,2)33(18,35)22(40)10-31(19,3)34(15,46)23(41)13-47-32(14-38)28(45)27(21(12-37)50-32)49-29-26(44)25(43)24(42)20(11-36)48-29/h6-7,9,15,18-22,24-29,36-38,40,42-46H,4-5,8,10-14H2,1-3H3/t15-,18-,19-,20?,21+,22-,24-,25+,26?,27?,28+,29-,30-,31-,32+,33-,34-/m0/s1. The van der Waals surface area contributed by atoms with Gasteiger partial charge in [-0.05, 0) is 56.6 Å². The van der Waals surface area contributed by atoms with Crippen molar-refractivity contribution in [2.24, 2.45) is 28.6 Å². The summed E-state index contributed by atoms with van der Waals surface area (Å²) in [7, 11) is 0. The monoisotopic (exact) mass is 716 g/mol. The maximum atomic E-state index is 17.5. The number of hydrogen-bond donors (Lipinski definition) is 9. The third kappa shape index (κ3) is 5.10. The maximum absolute atomic E-state index is 17.5. The van der Waals surface area contributed by atoms with Crippen LogP contribution in [-0.2, 0) is 28.5 Å². The molecule has 2 saturated heterocycles. The lowest BCUT2D eigenvalue weighted by molar-refractivity contribution is -0.319. The van der Waals surface area contributed by atoms with Crippen molar-refractivity contribution < 1.29 is 78.9 Å². The molecular weight excluding hydrogens is 667 g/mol. The van der Waals surface area contributed by atoms with Crippen LogP contribution >= 0.6 is 0 Å². The Bertz CT molecular complexity index is 1410. The van der Waals surface area contributed by atoms with Gasteiger partial charge in [-0.25, -0.2) is 4.39 Å². The number of aliphatic hydroxyl groups is 9. The quantitative estimate of drug-likeness (QED) is 0.120. The largest absolute Gasteiger partial charge is 0.394 e. The Morgan fingerprint density at radius 1 is 1.02 bits per heavy atom. The van der Waals surface area contributed by atoms with Crippen molar-refractivity contribution in [3.8, 4) is 0 Å². The number of hydrogen-bond acceptors (Lipinski definition) is 15. The molecule has 2 heterocycles. The normalized spacial score (nSPS) is 53.1. The second-order valence-electron chi connectivity index (χ2n) is 15.4. The van der Waals surface area contributed by atoms with Crippen LogP contribution in [0.4, 0.5) is 4.39 Å². The molecule has 4 aliphatic carbocycles. The van der Waals surface area contributed by atoms with Gasteiger partial charge in [0.2, 0.25) is 5.79 Å². The summed E-state index contributed by atoms with van der Waals surface area (Å²) in [5.41, 5.74) is -6.33. The van der Waals surface area contributed by atoms with Gasteiger partial charge in [0, 0.05) is 16.7 Å². The Morgan fingerprint density at radius 2 is 1.70 bits per heavy atom. The third-order valence-electron chi connectivity index (χ3n) is 13.1. The first kappa shape index (κ1) is 38.0. The minimum atomic E-state index is -2.40. The van der Waals surface area contributed by atoms with E-state index in [2.05, 4.69) is 0 Å². The zero-order valence-corrected chi connectivity index (χ0v) is 28.2.